The van der Waals surface area contributed by atoms with Gasteiger partial charge in [0.2, 0.25) is 0 Å². The molecule has 0 unspecified atom stereocenters. The molecule has 18 heavy (non-hydrogen) atoms. The van der Waals surface area contributed by atoms with Gasteiger partial charge < -0.3 is 15.7 Å². The molecule has 0 atom stereocenters. The average Bonchev–Trinajstić information content (AvgIpc) is 2.88. The summed E-state index contributed by atoms with van der Waals surface area (Å²) < 4.78 is 5.46. The first-order valence-corrected chi connectivity index (χ1v) is 6.06. The van der Waals surface area contributed by atoms with Gasteiger partial charge in [-0.25, -0.2) is 4.98 Å². The van der Waals surface area contributed by atoms with Crippen molar-refractivity contribution in [2.75, 3.05) is 0 Å². The lowest BCUT2D eigenvalue weighted by Gasteiger charge is -2.05. The van der Waals surface area contributed by atoms with Gasteiger partial charge in [0.25, 0.3) is 0 Å². The van der Waals surface area contributed by atoms with Crippen LogP contribution >= 0.6 is 11.3 Å². The molecule has 0 aliphatic heterocycles. The highest BCUT2D eigenvalue weighted by Crippen LogP contribution is 2.13. The number of ether oxygens (including phenoxy) is 1. The summed E-state index contributed by atoms with van der Waals surface area (Å²) in [6, 6.07) is 5.74. The number of hydrogen-bond donors (Lipinski definition) is 2. The van der Waals surface area contributed by atoms with E-state index in [1.165, 1.54) is 0 Å². The Balaban J connectivity index is 2.15. The summed E-state index contributed by atoms with van der Waals surface area (Å²) in [6.07, 6.45) is 0. The first-order chi connectivity index (χ1) is 8.69. The van der Waals surface area contributed by atoms with Gasteiger partial charge in [0.15, 0.2) is 5.84 Å². The van der Waals surface area contributed by atoms with Crippen molar-refractivity contribution < 1.29 is 9.94 Å². The van der Waals surface area contributed by atoms with Gasteiger partial charge in [0.05, 0.1) is 0 Å². The van der Waals surface area contributed by atoms with Crippen molar-refractivity contribution in [2.45, 2.75) is 13.5 Å². The topological polar surface area (TPSA) is 93.6 Å². The largest absolute Gasteiger partial charge is 0.458 e. The van der Waals surface area contributed by atoms with E-state index in [-0.39, 0.29) is 11.8 Å². The second-order valence-electron chi connectivity index (χ2n) is 3.53. The van der Waals surface area contributed by atoms with Crippen molar-refractivity contribution in [3.05, 3.63) is 39.8 Å². The Morgan fingerprint density at radius 2 is 2.39 bits per heavy atom. The molecule has 2 heterocycles. The molecule has 6 nitrogen and oxygen atoms in total. The number of hydrogen-bond acceptors (Lipinski definition) is 6. The van der Waals surface area contributed by atoms with Crippen molar-refractivity contribution in [2.24, 2.45) is 10.9 Å². The highest BCUT2D eigenvalue weighted by molar-refractivity contribution is 7.09. The van der Waals surface area contributed by atoms with Crippen LogP contribution in [-0.2, 0) is 6.61 Å². The smallest absolute Gasteiger partial charge is 0.317 e. The van der Waals surface area contributed by atoms with Crippen molar-refractivity contribution in [1.82, 2.24) is 9.97 Å². The fourth-order valence-corrected chi connectivity index (χ4v) is 1.93. The van der Waals surface area contributed by atoms with Crippen molar-refractivity contribution in [3.8, 4) is 6.01 Å². The molecule has 0 spiro atoms. The summed E-state index contributed by atoms with van der Waals surface area (Å²) in [6.45, 7) is 2.19. The summed E-state index contributed by atoms with van der Waals surface area (Å²) >= 11 is 1.59. The maximum atomic E-state index is 8.61. The minimum atomic E-state index is -0.0681. The lowest BCUT2D eigenvalue weighted by atomic mass is 10.3. The zero-order valence-electron chi connectivity index (χ0n) is 9.70. The summed E-state index contributed by atoms with van der Waals surface area (Å²) in [5.41, 5.74) is 6.51. The second kappa shape index (κ2) is 5.46. The van der Waals surface area contributed by atoms with Gasteiger partial charge in [-0.15, -0.1) is 11.3 Å². The van der Waals surface area contributed by atoms with E-state index in [0.717, 1.165) is 4.88 Å². The summed E-state index contributed by atoms with van der Waals surface area (Å²) in [7, 11) is 0. The van der Waals surface area contributed by atoms with E-state index in [9.17, 15) is 0 Å². The number of oxime groups is 1. The monoisotopic (exact) mass is 264 g/mol. The number of aromatic nitrogens is 2. The Morgan fingerprint density at radius 1 is 1.56 bits per heavy atom. The maximum absolute atomic E-state index is 8.61. The standard InChI is InChI=1S/C11H12N4O2S/c1-7-5-9(10(12)15-16)14-11(13-7)17-6-8-3-2-4-18-8/h2-5,16H,6H2,1H3,(H2,12,15). The molecule has 0 fully saturated rings. The number of aryl methyl sites for hydroxylation is 1. The molecular weight excluding hydrogens is 252 g/mol. The third-order valence-electron chi connectivity index (χ3n) is 2.13. The van der Waals surface area contributed by atoms with Crippen LogP contribution in [0.2, 0.25) is 0 Å². The van der Waals surface area contributed by atoms with Crippen LogP contribution in [0.5, 0.6) is 6.01 Å². The van der Waals surface area contributed by atoms with Crippen LogP contribution in [0.1, 0.15) is 16.3 Å². The molecule has 7 heteroatoms. The molecule has 0 amide bonds. The molecule has 0 aliphatic rings. The van der Waals surface area contributed by atoms with Gasteiger partial charge >= 0.3 is 6.01 Å². The normalized spacial score (nSPS) is 11.5. The predicted molar refractivity (Wildman–Crippen MR) is 67.9 cm³/mol. The Hall–Kier alpha value is -2.15. The number of nitrogens with zero attached hydrogens (tertiary/aromatic N) is 3. The van der Waals surface area contributed by atoms with Gasteiger partial charge in [0, 0.05) is 10.6 Å². The van der Waals surface area contributed by atoms with Crippen molar-refractivity contribution in [3.63, 3.8) is 0 Å². The number of nitrogens with two attached hydrogens (primary N) is 1. The third-order valence-corrected chi connectivity index (χ3v) is 2.98. The number of thiophene rings is 1. The first-order valence-electron chi connectivity index (χ1n) is 5.18. The Morgan fingerprint density at radius 3 is 3.06 bits per heavy atom. The fraction of sp³-hybridized carbons (Fsp3) is 0.182. The summed E-state index contributed by atoms with van der Waals surface area (Å²) in [4.78, 5) is 9.26. The molecule has 2 aromatic heterocycles. The Labute approximate surface area is 108 Å². The summed E-state index contributed by atoms with van der Waals surface area (Å²) in [5.74, 6) is -0.0681. The quantitative estimate of drug-likeness (QED) is 0.378. The molecule has 0 bridgehead atoms. The van der Waals surface area contributed by atoms with Crippen LogP contribution in [0.15, 0.2) is 28.7 Å². The first kappa shape index (κ1) is 12.3. The molecule has 94 valence electrons. The van der Waals surface area contributed by atoms with E-state index < -0.39 is 0 Å². The van der Waals surface area contributed by atoms with E-state index in [1.807, 2.05) is 17.5 Å². The van der Waals surface area contributed by atoms with E-state index in [1.54, 1.807) is 24.3 Å². The van der Waals surface area contributed by atoms with Crippen LogP contribution in [0.3, 0.4) is 0 Å². The second-order valence-corrected chi connectivity index (χ2v) is 4.56. The third kappa shape index (κ3) is 2.95. The van der Waals surface area contributed by atoms with Crippen LogP contribution in [-0.4, -0.2) is 21.0 Å². The molecule has 0 radical (unpaired) electrons. The van der Waals surface area contributed by atoms with Gasteiger partial charge in [-0.1, -0.05) is 11.2 Å². The van der Waals surface area contributed by atoms with Crippen molar-refractivity contribution >= 4 is 17.2 Å². The maximum Gasteiger partial charge on any atom is 0.317 e. The highest BCUT2D eigenvalue weighted by atomic mass is 32.1. The zero-order valence-corrected chi connectivity index (χ0v) is 10.5. The molecule has 2 aromatic rings. The molecular formula is C11H12N4O2S. The lowest BCUT2D eigenvalue weighted by molar-refractivity contribution is 0.282. The van der Waals surface area contributed by atoms with E-state index >= 15 is 0 Å². The molecule has 0 aliphatic carbocycles. The highest BCUT2D eigenvalue weighted by Gasteiger charge is 2.07. The lowest BCUT2D eigenvalue weighted by Crippen LogP contribution is -2.16. The Bertz CT molecular complexity index is 554. The van der Waals surface area contributed by atoms with Crippen LogP contribution in [0.25, 0.3) is 0 Å². The zero-order chi connectivity index (χ0) is 13.0. The number of amidine groups is 1. The average molecular weight is 264 g/mol. The minimum Gasteiger partial charge on any atom is -0.458 e. The predicted octanol–water partition coefficient (Wildman–Crippen LogP) is 1.52. The van der Waals surface area contributed by atoms with Gasteiger partial charge in [-0.3, -0.25) is 0 Å². The van der Waals surface area contributed by atoms with Gasteiger partial charge in [-0.05, 0) is 24.4 Å². The van der Waals surface area contributed by atoms with E-state index in [0.29, 0.717) is 18.0 Å². The summed E-state index contributed by atoms with van der Waals surface area (Å²) in [5, 5.41) is 13.5. The van der Waals surface area contributed by atoms with E-state index in [2.05, 4.69) is 15.1 Å². The minimum absolute atomic E-state index is 0.0681. The SMILES string of the molecule is Cc1cc(/C(N)=N/O)nc(OCc2cccs2)n1. The van der Waals surface area contributed by atoms with Crippen LogP contribution in [0, 0.1) is 6.92 Å². The molecule has 0 saturated heterocycles. The molecule has 2 rings (SSSR count). The van der Waals surface area contributed by atoms with Crippen molar-refractivity contribution in [1.29, 1.82) is 0 Å². The fourth-order valence-electron chi connectivity index (χ4n) is 1.32. The molecule has 3 N–H and O–H groups in total. The van der Waals surface area contributed by atoms with E-state index in [4.69, 9.17) is 15.7 Å². The van der Waals surface area contributed by atoms with Crippen LogP contribution in [0.4, 0.5) is 0 Å². The Kier molecular flexibility index (Phi) is 3.73. The van der Waals surface area contributed by atoms with Gasteiger partial charge in [-0.2, -0.15) is 4.98 Å². The molecule has 0 saturated carbocycles. The van der Waals surface area contributed by atoms with Crippen LogP contribution < -0.4 is 10.5 Å². The van der Waals surface area contributed by atoms with Gasteiger partial charge in [0.1, 0.15) is 12.3 Å². The number of rotatable bonds is 4. The molecule has 0 aromatic carbocycles.